The summed E-state index contributed by atoms with van der Waals surface area (Å²) in [4.78, 5) is 8.63. The lowest BCUT2D eigenvalue weighted by Crippen LogP contribution is -1.91. The number of pyridine rings is 2. The molecule has 2 nitrogen and oxygen atoms in total. The zero-order valence-corrected chi connectivity index (χ0v) is 21.7. The number of aryl methyl sites for hydroxylation is 1. The quantitative estimate of drug-likeness (QED) is 0.226. The second-order valence-corrected chi connectivity index (χ2v) is 9.92. The molecule has 184 valence electrons. The van der Waals surface area contributed by atoms with Crippen LogP contribution in [0.5, 0.6) is 0 Å². The van der Waals surface area contributed by atoms with Crippen molar-refractivity contribution >= 4 is 21.5 Å². The lowest BCUT2D eigenvalue weighted by molar-refractivity contribution is 1.20. The topological polar surface area (TPSA) is 25.8 Å². The van der Waals surface area contributed by atoms with Gasteiger partial charge in [0.2, 0.25) is 0 Å². The second-order valence-electron chi connectivity index (χ2n) is 9.92. The summed E-state index contributed by atoms with van der Waals surface area (Å²) in [6, 6.07) is 43.7. The van der Waals surface area contributed by atoms with Crippen molar-refractivity contribution in [3.63, 3.8) is 0 Å². The first-order valence-corrected chi connectivity index (χ1v) is 13.2. The summed E-state index contributed by atoms with van der Waals surface area (Å²) >= 11 is 0. The summed E-state index contributed by atoms with van der Waals surface area (Å²) < 4.78 is 0. The Kier molecular flexibility index (Phi) is 5.71. The van der Waals surface area contributed by atoms with E-state index in [-0.39, 0.29) is 0 Å². The van der Waals surface area contributed by atoms with Gasteiger partial charge in [-0.05, 0) is 85.6 Å². The molecule has 0 spiro atoms. The zero-order chi connectivity index (χ0) is 26.2. The van der Waals surface area contributed by atoms with Crippen molar-refractivity contribution in [2.45, 2.75) is 6.92 Å². The molecular formula is C37H26N2. The number of rotatable bonds is 4. The lowest BCUT2D eigenvalue weighted by atomic mass is 9.85. The van der Waals surface area contributed by atoms with Crippen molar-refractivity contribution in [2.24, 2.45) is 0 Å². The third-order valence-electron chi connectivity index (χ3n) is 7.54. The van der Waals surface area contributed by atoms with E-state index in [1.54, 1.807) is 0 Å². The fraction of sp³-hybridized carbons (Fsp3) is 0.0270. The average Bonchev–Trinajstić information content (AvgIpc) is 3.01. The van der Waals surface area contributed by atoms with Gasteiger partial charge in [0.05, 0.1) is 0 Å². The summed E-state index contributed by atoms with van der Waals surface area (Å²) in [5.74, 6) is 0. The Morgan fingerprint density at radius 1 is 0.385 bits per heavy atom. The molecule has 0 saturated carbocycles. The molecule has 0 amide bonds. The monoisotopic (exact) mass is 498 g/mol. The van der Waals surface area contributed by atoms with E-state index >= 15 is 0 Å². The van der Waals surface area contributed by atoms with Crippen LogP contribution in [0, 0.1) is 6.92 Å². The molecule has 0 radical (unpaired) electrons. The molecule has 39 heavy (non-hydrogen) atoms. The van der Waals surface area contributed by atoms with Crippen molar-refractivity contribution in [1.29, 1.82) is 0 Å². The first-order valence-electron chi connectivity index (χ1n) is 13.2. The Morgan fingerprint density at radius 3 is 1.21 bits per heavy atom. The molecule has 0 bridgehead atoms. The predicted octanol–water partition coefficient (Wildman–Crippen LogP) is 9.76. The van der Waals surface area contributed by atoms with Crippen LogP contribution in [0.25, 0.3) is 66.1 Å². The van der Waals surface area contributed by atoms with E-state index < -0.39 is 0 Å². The van der Waals surface area contributed by atoms with E-state index in [1.165, 1.54) is 60.5 Å². The number of hydrogen-bond donors (Lipinski definition) is 0. The fourth-order valence-electron chi connectivity index (χ4n) is 5.59. The Bertz CT molecular complexity index is 1860. The van der Waals surface area contributed by atoms with Crippen LogP contribution in [0.4, 0.5) is 0 Å². The van der Waals surface area contributed by atoms with Gasteiger partial charge in [-0.2, -0.15) is 0 Å². The van der Waals surface area contributed by atoms with Gasteiger partial charge in [-0.15, -0.1) is 0 Å². The van der Waals surface area contributed by atoms with Gasteiger partial charge in [0, 0.05) is 29.8 Å². The third kappa shape index (κ3) is 4.17. The Labute approximate surface area is 228 Å². The molecule has 0 N–H and O–H groups in total. The summed E-state index contributed by atoms with van der Waals surface area (Å²) in [5, 5.41) is 5.03. The van der Waals surface area contributed by atoms with Gasteiger partial charge in [0.1, 0.15) is 0 Å². The maximum Gasteiger partial charge on any atom is 0.0373 e. The lowest BCUT2D eigenvalue weighted by Gasteiger charge is -2.18. The fourth-order valence-corrected chi connectivity index (χ4v) is 5.59. The van der Waals surface area contributed by atoms with E-state index in [0.717, 1.165) is 11.3 Å². The molecule has 5 aromatic carbocycles. The number of fused-ring (bicyclic) bond motifs is 2. The molecule has 2 heteroatoms. The largest absolute Gasteiger partial charge is 0.265 e. The number of nitrogens with zero attached hydrogens (tertiary/aromatic N) is 2. The van der Waals surface area contributed by atoms with E-state index in [4.69, 9.17) is 0 Å². The minimum absolute atomic E-state index is 1.03. The normalized spacial score (nSPS) is 11.2. The number of aromatic nitrogens is 2. The van der Waals surface area contributed by atoms with Crippen molar-refractivity contribution in [2.75, 3.05) is 0 Å². The summed E-state index contributed by atoms with van der Waals surface area (Å²) in [5.41, 5.74) is 10.7. The Hall–Kier alpha value is -5.08. The SMILES string of the molecule is Cc1ccc(-c2ccc(-c3c4ccccc4c(-c4ccc(-c5ccncc5)cc4)c4ccccc34)cc2)cn1. The van der Waals surface area contributed by atoms with Gasteiger partial charge in [0.25, 0.3) is 0 Å². The van der Waals surface area contributed by atoms with Crippen LogP contribution in [-0.4, -0.2) is 9.97 Å². The minimum atomic E-state index is 1.03. The van der Waals surface area contributed by atoms with E-state index in [0.29, 0.717) is 0 Å². The van der Waals surface area contributed by atoms with Crippen LogP contribution in [0.15, 0.2) is 140 Å². The third-order valence-corrected chi connectivity index (χ3v) is 7.54. The van der Waals surface area contributed by atoms with Crippen LogP contribution in [-0.2, 0) is 0 Å². The van der Waals surface area contributed by atoms with Crippen LogP contribution in [0.1, 0.15) is 5.69 Å². The summed E-state index contributed by atoms with van der Waals surface area (Å²) in [6.07, 6.45) is 5.63. The van der Waals surface area contributed by atoms with Gasteiger partial charge < -0.3 is 0 Å². The van der Waals surface area contributed by atoms with Gasteiger partial charge in [-0.25, -0.2) is 0 Å². The van der Waals surface area contributed by atoms with Gasteiger partial charge in [0.15, 0.2) is 0 Å². The Balaban J connectivity index is 1.41. The number of benzene rings is 5. The highest BCUT2D eigenvalue weighted by Crippen LogP contribution is 2.44. The van der Waals surface area contributed by atoms with Gasteiger partial charge in [-0.3, -0.25) is 9.97 Å². The minimum Gasteiger partial charge on any atom is -0.265 e. The maximum absolute atomic E-state index is 4.48. The first-order chi connectivity index (χ1) is 19.3. The highest BCUT2D eigenvalue weighted by molar-refractivity contribution is 6.21. The Morgan fingerprint density at radius 2 is 0.769 bits per heavy atom. The molecule has 2 heterocycles. The number of hydrogen-bond acceptors (Lipinski definition) is 2. The molecule has 0 fully saturated rings. The zero-order valence-electron chi connectivity index (χ0n) is 21.7. The van der Waals surface area contributed by atoms with Gasteiger partial charge >= 0.3 is 0 Å². The van der Waals surface area contributed by atoms with E-state index in [2.05, 4.69) is 131 Å². The van der Waals surface area contributed by atoms with Crippen LogP contribution >= 0.6 is 0 Å². The molecule has 2 aromatic heterocycles. The van der Waals surface area contributed by atoms with Crippen molar-refractivity contribution in [3.8, 4) is 44.5 Å². The smallest absolute Gasteiger partial charge is 0.0373 e. The van der Waals surface area contributed by atoms with Crippen molar-refractivity contribution in [1.82, 2.24) is 9.97 Å². The molecule has 0 unspecified atom stereocenters. The molecule has 0 aliphatic rings. The molecule has 7 aromatic rings. The highest BCUT2D eigenvalue weighted by atomic mass is 14.7. The van der Waals surface area contributed by atoms with E-state index in [1.807, 2.05) is 25.5 Å². The van der Waals surface area contributed by atoms with Gasteiger partial charge in [-0.1, -0.05) is 103 Å². The van der Waals surface area contributed by atoms with Crippen molar-refractivity contribution in [3.05, 3.63) is 146 Å². The summed E-state index contributed by atoms with van der Waals surface area (Å²) in [6.45, 7) is 2.02. The predicted molar refractivity (Wildman–Crippen MR) is 164 cm³/mol. The van der Waals surface area contributed by atoms with E-state index in [9.17, 15) is 0 Å². The molecule has 0 saturated heterocycles. The van der Waals surface area contributed by atoms with Crippen molar-refractivity contribution < 1.29 is 0 Å². The van der Waals surface area contributed by atoms with Crippen LogP contribution in [0.3, 0.4) is 0 Å². The maximum atomic E-state index is 4.48. The molecule has 0 aliphatic carbocycles. The van der Waals surface area contributed by atoms with Crippen LogP contribution < -0.4 is 0 Å². The first kappa shape index (κ1) is 23.1. The molecule has 7 rings (SSSR count). The molecule has 0 aliphatic heterocycles. The second kappa shape index (κ2) is 9.66. The molecule has 0 atom stereocenters. The standard InChI is InChI=1S/C37H26N2/c1-25-10-11-31(24-39-25)27-14-18-30(19-15-27)37-34-8-4-2-6-32(34)36(33-7-3-5-9-35(33)37)29-16-12-26(13-17-29)28-20-22-38-23-21-28/h2-24H,1H3. The summed E-state index contributed by atoms with van der Waals surface area (Å²) in [7, 11) is 0. The average molecular weight is 499 g/mol. The molecular weight excluding hydrogens is 472 g/mol. The highest BCUT2D eigenvalue weighted by Gasteiger charge is 2.16. The van der Waals surface area contributed by atoms with Crippen LogP contribution in [0.2, 0.25) is 0 Å².